The fourth-order valence-electron chi connectivity index (χ4n) is 2.35. The maximum Gasteiger partial charge on any atom is 0.257 e. The number of halogens is 1. The number of methoxy groups -OCH3 is 3. The molecule has 118 valence electrons. The molecule has 0 aliphatic carbocycles. The van der Waals surface area contributed by atoms with Crippen LogP contribution in [0.25, 0.3) is 22.2 Å². The third-order valence-corrected chi connectivity index (χ3v) is 3.51. The highest BCUT2D eigenvalue weighted by molar-refractivity contribution is 5.82. The number of benzene rings is 1. The average Bonchev–Trinajstić information content (AvgIpc) is 2.60. The van der Waals surface area contributed by atoms with Crippen molar-refractivity contribution in [1.29, 1.82) is 0 Å². The monoisotopic (exact) mass is 314 g/mol. The van der Waals surface area contributed by atoms with E-state index in [4.69, 9.17) is 14.2 Å². The lowest BCUT2D eigenvalue weighted by Gasteiger charge is -2.10. The Morgan fingerprint density at radius 2 is 1.70 bits per heavy atom. The SMILES string of the molecule is COc1cc2ncc(-c3cccc(OC)c3F)cc2nc1OC. The molecule has 2 aromatic heterocycles. The lowest BCUT2D eigenvalue weighted by molar-refractivity contribution is 0.344. The van der Waals surface area contributed by atoms with Crippen molar-refractivity contribution >= 4 is 11.0 Å². The van der Waals surface area contributed by atoms with Crippen molar-refractivity contribution in [2.45, 2.75) is 0 Å². The molecule has 1 aromatic carbocycles. The zero-order chi connectivity index (χ0) is 16.4. The van der Waals surface area contributed by atoms with E-state index in [9.17, 15) is 4.39 Å². The van der Waals surface area contributed by atoms with E-state index in [0.29, 0.717) is 33.8 Å². The van der Waals surface area contributed by atoms with E-state index < -0.39 is 5.82 Å². The van der Waals surface area contributed by atoms with Crippen LogP contribution in [0.5, 0.6) is 17.4 Å². The minimum Gasteiger partial charge on any atom is -0.494 e. The molecular weight excluding hydrogens is 299 g/mol. The van der Waals surface area contributed by atoms with Gasteiger partial charge in [-0.1, -0.05) is 12.1 Å². The van der Waals surface area contributed by atoms with Gasteiger partial charge in [-0.3, -0.25) is 4.98 Å². The Morgan fingerprint density at radius 1 is 0.913 bits per heavy atom. The molecule has 0 aliphatic rings. The first kappa shape index (κ1) is 15.0. The van der Waals surface area contributed by atoms with Crippen LogP contribution in [0, 0.1) is 5.82 Å². The van der Waals surface area contributed by atoms with E-state index >= 15 is 0 Å². The molecule has 0 bridgehead atoms. The highest BCUT2D eigenvalue weighted by Gasteiger charge is 2.13. The minimum atomic E-state index is -0.434. The number of nitrogens with zero attached hydrogens (tertiary/aromatic N) is 2. The van der Waals surface area contributed by atoms with Crippen molar-refractivity contribution in [2.75, 3.05) is 21.3 Å². The van der Waals surface area contributed by atoms with Gasteiger partial charge in [-0.15, -0.1) is 0 Å². The Kier molecular flexibility index (Phi) is 3.97. The first-order valence-corrected chi connectivity index (χ1v) is 6.89. The number of ether oxygens (including phenoxy) is 3. The first-order chi connectivity index (χ1) is 11.2. The summed E-state index contributed by atoms with van der Waals surface area (Å²) in [4.78, 5) is 8.69. The smallest absolute Gasteiger partial charge is 0.257 e. The second-order valence-electron chi connectivity index (χ2n) is 4.78. The molecule has 3 rings (SSSR count). The molecule has 5 nitrogen and oxygen atoms in total. The summed E-state index contributed by atoms with van der Waals surface area (Å²) in [7, 11) is 4.47. The lowest BCUT2D eigenvalue weighted by Crippen LogP contribution is -1.96. The quantitative estimate of drug-likeness (QED) is 0.738. The van der Waals surface area contributed by atoms with Gasteiger partial charge in [0.2, 0.25) is 0 Å². The van der Waals surface area contributed by atoms with Crippen LogP contribution in [-0.2, 0) is 0 Å². The average molecular weight is 314 g/mol. The molecule has 0 aliphatic heterocycles. The Balaban J connectivity index is 2.17. The van der Waals surface area contributed by atoms with Crippen molar-refractivity contribution in [3.8, 4) is 28.5 Å². The second kappa shape index (κ2) is 6.08. The van der Waals surface area contributed by atoms with Gasteiger partial charge in [-0.2, -0.15) is 0 Å². The molecule has 23 heavy (non-hydrogen) atoms. The molecule has 0 unspecified atom stereocenters. The predicted octanol–water partition coefficient (Wildman–Crippen LogP) is 3.46. The number of hydrogen-bond donors (Lipinski definition) is 0. The molecule has 0 fully saturated rings. The summed E-state index contributed by atoms with van der Waals surface area (Å²) in [6.45, 7) is 0. The molecule has 0 spiro atoms. The summed E-state index contributed by atoms with van der Waals surface area (Å²) < 4.78 is 29.8. The molecule has 0 saturated carbocycles. The minimum absolute atomic E-state index is 0.183. The van der Waals surface area contributed by atoms with Crippen LogP contribution >= 0.6 is 0 Å². The molecule has 0 N–H and O–H groups in total. The van der Waals surface area contributed by atoms with Crippen LogP contribution in [0.2, 0.25) is 0 Å². The molecule has 6 heteroatoms. The largest absolute Gasteiger partial charge is 0.494 e. The molecule has 2 heterocycles. The van der Waals surface area contributed by atoms with Crippen molar-refractivity contribution in [3.05, 3.63) is 42.3 Å². The summed E-state index contributed by atoms with van der Waals surface area (Å²) in [5.41, 5.74) is 2.22. The normalized spacial score (nSPS) is 10.6. The maximum absolute atomic E-state index is 14.4. The Labute approximate surface area is 132 Å². The van der Waals surface area contributed by atoms with Crippen molar-refractivity contribution in [3.63, 3.8) is 0 Å². The zero-order valence-electron chi connectivity index (χ0n) is 13.0. The third-order valence-electron chi connectivity index (χ3n) is 3.51. The van der Waals surface area contributed by atoms with Crippen LogP contribution in [0.3, 0.4) is 0 Å². The van der Waals surface area contributed by atoms with Crippen LogP contribution < -0.4 is 14.2 Å². The van der Waals surface area contributed by atoms with E-state index in [1.807, 2.05) is 0 Å². The maximum atomic E-state index is 14.4. The Morgan fingerprint density at radius 3 is 2.39 bits per heavy atom. The summed E-state index contributed by atoms with van der Waals surface area (Å²) >= 11 is 0. The highest BCUT2D eigenvalue weighted by Crippen LogP contribution is 2.32. The van der Waals surface area contributed by atoms with E-state index in [1.54, 1.807) is 36.5 Å². The van der Waals surface area contributed by atoms with Gasteiger partial charge in [0.25, 0.3) is 5.88 Å². The van der Waals surface area contributed by atoms with Gasteiger partial charge in [-0.05, 0) is 12.1 Å². The molecular formula is C17H15FN2O3. The van der Waals surface area contributed by atoms with Gasteiger partial charge < -0.3 is 14.2 Å². The molecule has 0 saturated heterocycles. The number of aromatic nitrogens is 2. The number of pyridine rings is 2. The number of fused-ring (bicyclic) bond motifs is 1. The van der Waals surface area contributed by atoms with Gasteiger partial charge in [0.05, 0.1) is 32.4 Å². The Bertz CT molecular complexity index is 868. The summed E-state index contributed by atoms with van der Waals surface area (Å²) in [6, 6.07) is 8.44. The van der Waals surface area contributed by atoms with Gasteiger partial charge in [0.15, 0.2) is 17.3 Å². The second-order valence-corrected chi connectivity index (χ2v) is 4.78. The standard InChI is InChI=1S/C17H15FN2O3/c1-21-14-6-4-5-11(16(14)18)10-7-13-12(19-9-10)8-15(22-2)17(20-13)23-3/h4-9H,1-3H3. The highest BCUT2D eigenvalue weighted by atomic mass is 19.1. The van der Waals surface area contributed by atoms with Gasteiger partial charge in [-0.25, -0.2) is 9.37 Å². The molecule has 0 amide bonds. The summed E-state index contributed by atoms with van der Waals surface area (Å²) in [6.07, 6.45) is 1.59. The van der Waals surface area contributed by atoms with Gasteiger partial charge >= 0.3 is 0 Å². The van der Waals surface area contributed by atoms with Crippen LogP contribution in [0.1, 0.15) is 0 Å². The van der Waals surface area contributed by atoms with Gasteiger partial charge in [0.1, 0.15) is 0 Å². The zero-order valence-corrected chi connectivity index (χ0v) is 13.0. The molecule has 3 aromatic rings. The fraction of sp³-hybridized carbons (Fsp3) is 0.176. The molecule has 0 atom stereocenters. The van der Waals surface area contributed by atoms with Crippen LogP contribution in [0.4, 0.5) is 4.39 Å². The van der Waals surface area contributed by atoms with Crippen molar-refractivity contribution in [1.82, 2.24) is 9.97 Å². The van der Waals surface area contributed by atoms with E-state index in [1.165, 1.54) is 21.3 Å². The molecule has 0 radical (unpaired) electrons. The van der Waals surface area contributed by atoms with E-state index in [2.05, 4.69) is 9.97 Å². The number of hydrogen-bond acceptors (Lipinski definition) is 5. The lowest BCUT2D eigenvalue weighted by atomic mass is 10.1. The van der Waals surface area contributed by atoms with E-state index in [-0.39, 0.29) is 5.75 Å². The van der Waals surface area contributed by atoms with Crippen molar-refractivity contribution < 1.29 is 18.6 Å². The topological polar surface area (TPSA) is 53.5 Å². The third kappa shape index (κ3) is 2.63. The fourth-order valence-corrected chi connectivity index (χ4v) is 2.35. The van der Waals surface area contributed by atoms with Crippen molar-refractivity contribution in [2.24, 2.45) is 0 Å². The van der Waals surface area contributed by atoms with E-state index in [0.717, 1.165) is 0 Å². The predicted molar refractivity (Wildman–Crippen MR) is 84.6 cm³/mol. The van der Waals surface area contributed by atoms with Crippen LogP contribution in [0.15, 0.2) is 36.5 Å². The summed E-state index contributed by atoms with van der Waals surface area (Å²) in [5.74, 6) is 0.595. The summed E-state index contributed by atoms with van der Waals surface area (Å²) in [5, 5.41) is 0. The number of rotatable bonds is 4. The van der Waals surface area contributed by atoms with Gasteiger partial charge in [0, 0.05) is 23.4 Å². The Hall–Kier alpha value is -2.89. The first-order valence-electron chi connectivity index (χ1n) is 6.89. The van der Waals surface area contributed by atoms with Crippen LogP contribution in [-0.4, -0.2) is 31.3 Å².